The Morgan fingerprint density at radius 1 is 1.00 bits per heavy atom. The molecule has 0 radical (unpaired) electrons. The van der Waals surface area contributed by atoms with E-state index < -0.39 is 0 Å². The van der Waals surface area contributed by atoms with E-state index in [2.05, 4.69) is 10.6 Å². The summed E-state index contributed by atoms with van der Waals surface area (Å²) in [7, 11) is 0. The van der Waals surface area contributed by atoms with Crippen LogP contribution in [0.15, 0.2) is 65.9 Å². The van der Waals surface area contributed by atoms with Crippen molar-refractivity contribution in [3.63, 3.8) is 0 Å². The molecule has 5 nitrogen and oxygen atoms in total. The molecule has 1 heterocycles. The predicted molar refractivity (Wildman–Crippen MR) is 88.2 cm³/mol. The summed E-state index contributed by atoms with van der Waals surface area (Å²) in [5.41, 5.74) is 1.88. The quantitative estimate of drug-likeness (QED) is 0.884. The highest BCUT2D eigenvalue weighted by molar-refractivity contribution is 5.77. The molecule has 5 heteroatoms. The maximum Gasteiger partial charge on any atom is 0.222 e. The van der Waals surface area contributed by atoms with E-state index in [-0.39, 0.29) is 30.5 Å². The molecule has 2 aromatic carbocycles. The maximum atomic E-state index is 12.2. The Bertz CT molecular complexity index is 675. The van der Waals surface area contributed by atoms with Gasteiger partial charge in [-0.25, -0.2) is 5.01 Å². The Labute approximate surface area is 135 Å². The van der Waals surface area contributed by atoms with Gasteiger partial charge in [-0.15, -0.1) is 4.91 Å². The second-order valence-corrected chi connectivity index (χ2v) is 5.80. The Hall–Kier alpha value is -2.69. The number of rotatable bonds is 3. The summed E-state index contributed by atoms with van der Waals surface area (Å²) in [5, 5.41) is 7.80. The van der Waals surface area contributed by atoms with Gasteiger partial charge in [0.2, 0.25) is 5.91 Å². The van der Waals surface area contributed by atoms with E-state index >= 15 is 0 Å². The lowest BCUT2D eigenvalue weighted by atomic mass is 9.97. The standard InChI is InChI=1S/C18H19N3O2/c1-13-18(15-10-6-3-7-11-15)21(20-23)16(12-17(22)19-13)14-8-4-2-5-9-14/h2-11,13,16,18H,12H2,1H3,(H,19,22)/t13-,16-,18-/m0/s1. The first-order valence-corrected chi connectivity index (χ1v) is 7.71. The van der Waals surface area contributed by atoms with Crippen LogP contribution in [0.3, 0.4) is 0 Å². The molecule has 118 valence electrons. The molecule has 0 saturated carbocycles. The number of nitroso groups, excluding NO2 is 1. The summed E-state index contributed by atoms with van der Waals surface area (Å²) in [6.07, 6.45) is 0.212. The number of hydrogen-bond acceptors (Lipinski definition) is 3. The lowest BCUT2D eigenvalue weighted by molar-refractivity contribution is -0.121. The van der Waals surface area contributed by atoms with E-state index in [1.807, 2.05) is 67.6 Å². The van der Waals surface area contributed by atoms with E-state index in [9.17, 15) is 9.70 Å². The van der Waals surface area contributed by atoms with Crippen LogP contribution in [-0.2, 0) is 4.79 Å². The van der Waals surface area contributed by atoms with Crippen LogP contribution in [0.5, 0.6) is 0 Å². The van der Waals surface area contributed by atoms with Crippen molar-refractivity contribution >= 4 is 5.91 Å². The Kier molecular flexibility index (Phi) is 4.37. The minimum absolute atomic E-state index is 0.0709. The van der Waals surface area contributed by atoms with Crippen molar-refractivity contribution in [3.8, 4) is 0 Å². The Balaban J connectivity index is 2.06. The van der Waals surface area contributed by atoms with E-state index in [4.69, 9.17) is 0 Å². The van der Waals surface area contributed by atoms with E-state index in [0.29, 0.717) is 0 Å². The van der Waals surface area contributed by atoms with Crippen molar-refractivity contribution < 1.29 is 4.79 Å². The molecule has 0 aliphatic carbocycles. The highest BCUT2D eigenvalue weighted by Gasteiger charge is 2.37. The molecule has 2 aromatic rings. The molecule has 0 aromatic heterocycles. The highest BCUT2D eigenvalue weighted by Crippen LogP contribution is 2.37. The molecule has 0 bridgehead atoms. The normalized spacial score (nSPS) is 24.7. The summed E-state index contributed by atoms with van der Waals surface area (Å²) in [6, 6.07) is 18.4. The van der Waals surface area contributed by atoms with Gasteiger partial charge in [0.05, 0.1) is 29.8 Å². The summed E-state index contributed by atoms with van der Waals surface area (Å²) >= 11 is 0. The fourth-order valence-electron chi connectivity index (χ4n) is 3.23. The van der Waals surface area contributed by atoms with Gasteiger partial charge in [-0.2, -0.15) is 0 Å². The van der Waals surface area contributed by atoms with Crippen LogP contribution in [0.4, 0.5) is 0 Å². The Morgan fingerprint density at radius 3 is 2.13 bits per heavy atom. The molecular formula is C18H19N3O2. The number of nitrogens with one attached hydrogen (secondary N) is 1. The minimum atomic E-state index is -0.371. The molecule has 1 saturated heterocycles. The third-order valence-corrected chi connectivity index (χ3v) is 4.27. The Morgan fingerprint density at radius 2 is 1.57 bits per heavy atom. The van der Waals surface area contributed by atoms with Crippen LogP contribution in [0.2, 0.25) is 0 Å². The van der Waals surface area contributed by atoms with Crippen LogP contribution in [0.25, 0.3) is 0 Å². The lowest BCUT2D eigenvalue weighted by Crippen LogP contribution is -2.38. The smallest absolute Gasteiger partial charge is 0.222 e. The highest BCUT2D eigenvalue weighted by atomic mass is 16.3. The summed E-state index contributed by atoms with van der Waals surface area (Å²) < 4.78 is 0. The van der Waals surface area contributed by atoms with E-state index in [1.165, 1.54) is 5.01 Å². The average Bonchev–Trinajstić information content (AvgIpc) is 2.71. The second kappa shape index (κ2) is 6.60. The van der Waals surface area contributed by atoms with Crippen LogP contribution in [0, 0.1) is 4.91 Å². The molecule has 1 aliphatic rings. The predicted octanol–water partition coefficient (Wildman–Crippen LogP) is 3.36. The molecule has 1 fully saturated rings. The van der Waals surface area contributed by atoms with Crippen LogP contribution in [0.1, 0.15) is 36.6 Å². The van der Waals surface area contributed by atoms with Gasteiger partial charge >= 0.3 is 0 Å². The largest absolute Gasteiger partial charge is 0.351 e. The number of hydrogen-bond donors (Lipinski definition) is 1. The number of carbonyl (C=O) groups is 1. The fourth-order valence-corrected chi connectivity index (χ4v) is 3.23. The molecular weight excluding hydrogens is 290 g/mol. The summed E-state index contributed by atoms with van der Waals surface area (Å²) in [6.45, 7) is 1.90. The zero-order valence-electron chi connectivity index (χ0n) is 12.9. The van der Waals surface area contributed by atoms with Crippen molar-refractivity contribution in [2.75, 3.05) is 0 Å². The number of benzene rings is 2. The molecule has 23 heavy (non-hydrogen) atoms. The first kappa shape index (κ1) is 15.2. The first-order chi connectivity index (χ1) is 11.2. The summed E-state index contributed by atoms with van der Waals surface area (Å²) in [5.74, 6) is -0.0709. The fraction of sp³-hybridized carbons (Fsp3) is 0.278. The van der Waals surface area contributed by atoms with Gasteiger partial charge < -0.3 is 5.32 Å². The second-order valence-electron chi connectivity index (χ2n) is 5.80. The molecule has 0 unspecified atom stereocenters. The number of amides is 1. The zero-order chi connectivity index (χ0) is 16.2. The molecule has 1 N–H and O–H groups in total. The summed E-state index contributed by atoms with van der Waals surface area (Å²) in [4.78, 5) is 23.9. The molecule has 0 spiro atoms. The first-order valence-electron chi connectivity index (χ1n) is 7.71. The van der Waals surface area contributed by atoms with E-state index in [1.54, 1.807) is 0 Å². The topological polar surface area (TPSA) is 61.8 Å². The van der Waals surface area contributed by atoms with E-state index in [0.717, 1.165) is 11.1 Å². The van der Waals surface area contributed by atoms with Gasteiger partial charge in [0.1, 0.15) is 0 Å². The monoisotopic (exact) mass is 309 g/mol. The van der Waals surface area contributed by atoms with Gasteiger partial charge in [0, 0.05) is 0 Å². The van der Waals surface area contributed by atoms with Gasteiger partial charge in [0.15, 0.2) is 0 Å². The van der Waals surface area contributed by atoms with Crippen LogP contribution >= 0.6 is 0 Å². The molecule has 3 rings (SSSR count). The van der Waals surface area contributed by atoms with Gasteiger partial charge in [0.25, 0.3) is 0 Å². The van der Waals surface area contributed by atoms with Crippen molar-refractivity contribution in [1.82, 2.24) is 10.3 Å². The zero-order valence-corrected chi connectivity index (χ0v) is 12.9. The van der Waals surface area contributed by atoms with Gasteiger partial charge in [-0.1, -0.05) is 60.7 Å². The van der Waals surface area contributed by atoms with Crippen molar-refractivity contribution in [3.05, 3.63) is 76.7 Å². The average molecular weight is 309 g/mol. The molecule has 1 aliphatic heterocycles. The minimum Gasteiger partial charge on any atom is -0.351 e. The molecule has 1 amide bonds. The van der Waals surface area contributed by atoms with Crippen molar-refractivity contribution in [1.29, 1.82) is 0 Å². The van der Waals surface area contributed by atoms with Gasteiger partial charge in [-0.05, 0) is 18.1 Å². The molecule has 3 atom stereocenters. The van der Waals surface area contributed by atoms with Crippen LogP contribution in [-0.4, -0.2) is 17.0 Å². The number of carbonyl (C=O) groups excluding carboxylic acids is 1. The third kappa shape index (κ3) is 3.08. The maximum absolute atomic E-state index is 12.2. The lowest BCUT2D eigenvalue weighted by Gasteiger charge is -2.33. The van der Waals surface area contributed by atoms with Crippen LogP contribution < -0.4 is 5.32 Å². The SMILES string of the molecule is C[C@@H]1NC(=O)C[C@@H](c2ccccc2)N(N=O)[C@@H]1c1ccccc1. The number of nitrogens with zero attached hydrogens (tertiary/aromatic N) is 2. The third-order valence-electron chi connectivity index (χ3n) is 4.27. The van der Waals surface area contributed by atoms with Crippen molar-refractivity contribution in [2.24, 2.45) is 5.29 Å². The van der Waals surface area contributed by atoms with Crippen molar-refractivity contribution in [2.45, 2.75) is 31.5 Å². The van der Waals surface area contributed by atoms with Gasteiger partial charge in [-0.3, -0.25) is 4.79 Å².